The van der Waals surface area contributed by atoms with E-state index < -0.39 is 0 Å². The first-order chi connectivity index (χ1) is 13.2. The van der Waals surface area contributed by atoms with Crippen molar-refractivity contribution in [3.63, 3.8) is 0 Å². The number of likely N-dealkylation sites (tertiary alicyclic amines) is 1. The van der Waals surface area contributed by atoms with Gasteiger partial charge in [-0.1, -0.05) is 71.1 Å². The van der Waals surface area contributed by atoms with E-state index in [0.717, 1.165) is 51.6 Å². The van der Waals surface area contributed by atoms with Crippen molar-refractivity contribution in [2.45, 2.75) is 103 Å². The fourth-order valence-electron chi connectivity index (χ4n) is 4.47. The topological polar surface area (TPSA) is 46.6 Å². The minimum Gasteiger partial charge on any atom is -0.465 e. The van der Waals surface area contributed by atoms with Gasteiger partial charge >= 0.3 is 5.97 Å². The molecule has 0 aromatic rings. The predicted molar refractivity (Wildman–Crippen MR) is 109 cm³/mol. The average Bonchev–Trinajstić information content (AvgIpc) is 2.72. The third-order valence-corrected chi connectivity index (χ3v) is 6.34. The van der Waals surface area contributed by atoms with Gasteiger partial charge in [-0.25, -0.2) is 0 Å². The number of nitrogens with zero attached hydrogens (tertiary/aromatic N) is 1. The summed E-state index contributed by atoms with van der Waals surface area (Å²) in [4.78, 5) is 26.9. The van der Waals surface area contributed by atoms with Crippen molar-refractivity contribution in [1.29, 1.82) is 0 Å². The molecule has 156 valence electrons. The Hall–Kier alpha value is -1.06. The van der Waals surface area contributed by atoms with Crippen molar-refractivity contribution in [2.75, 3.05) is 19.7 Å². The van der Waals surface area contributed by atoms with Gasteiger partial charge in [-0.15, -0.1) is 0 Å². The highest BCUT2D eigenvalue weighted by molar-refractivity contribution is 5.79. The van der Waals surface area contributed by atoms with E-state index in [-0.39, 0.29) is 17.8 Å². The number of rotatable bonds is 11. The molecule has 0 bridgehead atoms. The van der Waals surface area contributed by atoms with Gasteiger partial charge in [0.05, 0.1) is 12.5 Å². The first kappa shape index (κ1) is 22.2. The number of ether oxygens (including phenoxy) is 1. The van der Waals surface area contributed by atoms with Gasteiger partial charge < -0.3 is 9.64 Å². The molecule has 4 heteroatoms. The summed E-state index contributed by atoms with van der Waals surface area (Å²) < 4.78 is 5.50. The van der Waals surface area contributed by atoms with Gasteiger partial charge in [-0.3, -0.25) is 9.59 Å². The van der Waals surface area contributed by atoms with Crippen molar-refractivity contribution in [2.24, 2.45) is 11.8 Å². The molecule has 2 aliphatic rings. The Labute approximate surface area is 166 Å². The van der Waals surface area contributed by atoms with Crippen LogP contribution in [-0.4, -0.2) is 36.5 Å². The van der Waals surface area contributed by atoms with E-state index in [0.29, 0.717) is 12.5 Å². The van der Waals surface area contributed by atoms with Crippen LogP contribution in [0.4, 0.5) is 0 Å². The first-order valence-electron chi connectivity index (χ1n) is 11.7. The lowest BCUT2D eigenvalue weighted by Gasteiger charge is -2.34. The zero-order valence-electron chi connectivity index (χ0n) is 17.6. The average molecular weight is 380 g/mol. The Bertz CT molecular complexity index is 423. The highest BCUT2D eigenvalue weighted by Crippen LogP contribution is 2.27. The van der Waals surface area contributed by atoms with E-state index in [1.165, 1.54) is 57.8 Å². The molecule has 0 atom stereocenters. The van der Waals surface area contributed by atoms with Crippen LogP contribution in [-0.2, 0) is 14.3 Å². The second-order valence-electron chi connectivity index (χ2n) is 8.58. The van der Waals surface area contributed by atoms with Crippen LogP contribution in [0.1, 0.15) is 103 Å². The van der Waals surface area contributed by atoms with Crippen LogP contribution in [0.2, 0.25) is 0 Å². The summed E-state index contributed by atoms with van der Waals surface area (Å²) in [5, 5.41) is 0. The fraction of sp³-hybridized carbons (Fsp3) is 0.913. The number of unbranched alkanes of at least 4 members (excludes halogenated alkanes) is 7. The van der Waals surface area contributed by atoms with Gasteiger partial charge in [0.25, 0.3) is 0 Å². The van der Waals surface area contributed by atoms with Gasteiger partial charge in [-0.05, 0) is 32.1 Å². The van der Waals surface area contributed by atoms with Crippen molar-refractivity contribution in [3.8, 4) is 0 Å². The highest BCUT2D eigenvalue weighted by atomic mass is 16.5. The van der Waals surface area contributed by atoms with Gasteiger partial charge in [0.1, 0.15) is 0 Å². The van der Waals surface area contributed by atoms with Crippen molar-refractivity contribution in [1.82, 2.24) is 4.90 Å². The molecule has 0 spiro atoms. The van der Waals surface area contributed by atoms with Crippen LogP contribution < -0.4 is 0 Å². The SMILES string of the molecule is CCCCCCCCCCOC(=O)C1CCN(C(=O)C2CCCCC2)CC1. The van der Waals surface area contributed by atoms with Gasteiger partial charge in [-0.2, -0.15) is 0 Å². The van der Waals surface area contributed by atoms with Crippen LogP contribution in [0, 0.1) is 11.8 Å². The lowest BCUT2D eigenvalue weighted by molar-refractivity contribution is -0.152. The number of amides is 1. The Balaban J connectivity index is 1.51. The van der Waals surface area contributed by atoms with Crippen molar-refractivity contribution in [3.05, 3.63) is 0 Å². The number of hydrogen-bond donors (Lipinski definition) is 0. The number of carbonyl (C=O) groups excluding carboxylic acids is 2. The van der Waals surface area contributed by atoms with Crippen LogP contribution in [0.15, 0.2) is 0 Å². The smallest absolute Gasteiger partial charge is 0.309 e. The second kappa shape index (κ2) is 13.2. The molecule has 0 radical (unpaired) electrons. The molecule has 1 heterocycles. The molecule has 1 aliphatic heterocycles. The lowest BCUT2D eigenvalue weighted by Crippen LogP contribution is -2.43. The first-order valence-corrected chi connectivity index (χ1v) is 11.7. The van der Waals surface area contributed by atoms with E-state index in [4.69, 9.17) is 4.74 Å². The monoisotopic (exact) mass is 379 g/mol. The molecule has 1 aliphatic carbocycles. The molecule has 4 nitrogen and oxygen atoms in total. The van der Waals surface area contributed by atoms with Crippen LogP contribution in [0.3, 0.4) is 0 Å². The molecule has 1 amide bonds. The molecular weight excluding hydrogens is 338 g/mol. The maximum absolute atomic E-state index is 12.6. The zero-order chi connectivity index (χ0) is 19.3. The summed E-state index contributed by atoms with van der Waals surface area (Å²) in [6.07, 6.45) is 17.4. The Morgan fingerprint density at radius 2 is 1.37 bits per heavy atom. The second-order valence-corrected chi connectivity index (χ2v) is 8.58. The van der Waals surface area contributed by atoms with Crippen LogP contribution in [0.25, 0.3) is 0 Å². The number of piperidine rings is 1. The van der Waals surface area contributed by atoms with Crippen molar-refractivity contribution >= 4 is 11.9 Å². The molecule has 0 unspecified atom stereocenters. The zero-order valence-corrected chi connectivity index (χ0v) is 17.6. The predicted octanol–water partition coefficient (Wildman–Crippen LogP) is 5.49. The Kier molecular flexibility index (Phi) is 10.8. The summed E-state index contributed by atoms with van der Waals surface area (Å²) in [6.45, 7) is 4.27. The molecule has 1 saturated carbocycles. The minimum absolute atomic E-state index is 0.00514. The summed E-state index contributed by atoms with van der Waals surface area (Å²) in [5.74, 6) is 0.529. The summed E-state index contributed by atoms with van der Waals surface area (Å²) in [5.41, 5.74) is 0. The largest absolute Gasteiger partial charge is 0.465 e. The summed E-state index contributed by atoms with van der Waals surface area (Å²) >= 11 is 0. The number of esters is 1. The van der Waals surface area contributed by atoms with E-state index in [1.54, 1.807) is 0 Å². The summed E-state index contributed by atoms with van der Waals surface area (Å²) in [6, 6.07) is 0. The molecule has 2 fully saturated rings. The van der Waals surface area contributed by atoms with Gasteiger partial charge in [0, 0.05) is 19.0 Å². The minimum atomic E-state index is -0.0392. The quantitative estimate of drug-likeness (QED) is 0.352. The third-order valence-electron chi connectivity index (χ3n) is 6.34. The number of carbonyl (C=O) groups is 2. The molecule has 0 aromatic heterocycles. The third kappa shape index (κ3) is 8.23. The standard InChI is InChI=1S/C23H41NO3/c1-2-3-4-5-6-7-8-12-19-27-23(26)21-15-17-24(18-16-21)22(25)20-13-10-9-11-14-20/h20-21H,2-19H2,1H3. The molecule has 27 heavy (non-hydrogen) atoms. The Morgan fingerprint density at radius 3 is 2.00 bits per heavy atom. The number of hydrogen-bond acceptors (Lipinski definition) is 3. The van der Waals surface area contributed by atoms with Crippen LogP contribution >= 0.6 is 0 Å². The molecule has 0 aromatic carbocycles. The molecule has 2 rings (SSSR count). The van der Waals surface area contributed by atoms with Crippen molar-refractivity contribution < 1.29 is 14.3 Å². The van der Waals surface area contributed by atoms with E-state index in [9.17, 15) is 9.59 Å². The maximum Gasteiger partial charge on any atom is 0.309 e. The van der Waals surface area contributed by atoms with Gasteiger partial charge in [0.15, 0.2) is 0 Å². The Morgan fingerprint density at radius 1 is 0.778 bits per heavy atom. The van der Waals surface area contributed by atoms with E-state index in [1.807, 2.05) is 4.90 Å². The molecule has 0 N–H and O–H groups in total. The fourth-order valence-corrected chi connectivity index (χ4v) is 4.47. The molecule has 1 saturated heterocycles. The highest BCUT2D eigenvalue weighted by Gasteiger charge is 2.31. The van der Waals surface area contributed by atoms with E-state index in [2.05, 4.69) is 6.92 Å². The maximum atomic E-state index is 12.6. The summed E-state index contributed by atoms with van der Waals surface area (Å²) in [7, 11) is 0. The molecular formula is C23H41NO3. The van der Waals surface area contributed by atoms with Crippen LogP contribution in [0.5, 0.6) is 0 Å². The van der Waals surface area contributed by atoms with Gasteiger partial charge in [0.2, 0.25) is 5.91 Å². The lowest BCUT2D eigenvalue weighted by atomic mass is 9.87. The normalized spacial score (nSPS) is 19.2. The van der Waals surface area contributed by atoms with E-state index >= 15 is 0 Å².